The molecule has 0 aromatic carbocycles. The molecule has 0 aliphatic rings. The Morgan fingerprint density at radius 3 is 2.56 bits per heavy atom. The van der Waals surface area contributed by atoms with Crippen molar-refractivity contribution in [1.82, 2.24) is 0 Å². The zero-order valence-corrected chi connectivity index (χ0v) is 10.1. The third-order valence-corrected chi connectivity index (χ3v) is 1.62. The van der Waals surface area contributed by atoms with E-state index in [9.17, 15) is 4.79 Å². The van der Waals surface area contributed by atoms with Crippen LogP contribution in [-0.2, 0) is 14.3 Å². The minimum absolute atomic E-state index is 0.186. The lowest BCUT2D eigenvalue weighted by atomic mass is 10.4. The number of carbonyl (C=O) groups is 1. The highest BCUT2D eigenvalue weighted by atomic mass is 16.6. The highest BCUT2D eigenvalue weighted by Crippen LogP contribution is 1.95. The molecule has 4 heteroatoms. The van der Waals surface area contributed by atoms with Gasteiger partial charge in [-0.05, 0) is 20.8 Å². The van der Waals surface area contributed by atoms with Gasteiger partial charge in [0.1, 0.15) is 6.61 Å². The molecule has 1 N–H and O–H groups in total. The molecule has 0 fully saturated rings. The molecule has 0 aromatic heterocycles. The van der Waals surface area contributed by atoms with Crippen LogP contribution in [0.3, 0.4) is 0 Å². The van der Waals surface area contributed by atoms with E-state index < -0.39 is 12.1 Å². The highest BCUT2D eigenvalue weighted by molar-refractivity contribution is 5.82. The molecule has 0 saturated carbocycles. The van der Waals surface area contributed by atoms with Gasteiger partial charge in [-0.15, -0.1) is 0 Å². The molecule has 0 bridgehead atoms. The van der Waals surface area contributed by atoms with Crippen molar-refractivity contribution in [3.05, 3.63) is 24.3 Å². The molecule has 92 valence electrons. The van der Waals surface area contributed by atoms with Crippen molar-refractivity contribution in [3.8, 4) is 0 Å². The number of allylic oxidation sites excluding steroid dienone is 3. The molecule has 0 aliphatic carbocycles. The van der Waals surface area contributed by atoms with Gasteiger partial charge in [0.05, 0.1) is 18.8 Å². The first-order chi connectivity index (χ1) is 7.56. The number of rotatable bonds is 7. The number of aliphatic hydroxyl groups excluding tert-OH is 1. The van der Waals surface area contributed by atoms with E-state index in [1.165, 1.54) is 6.08 Å². The summed E-state index contributed by atoms with van der Waals surface area (Å²) in [6.07, 6.45) is 5.80. The first kappa shape index (κ1) is 14.9. The molecule has 2 atom stereocenters. The van der Waals surface area contributed by atoms with Gasteiger partial charge in [-0.3, -0.25) is 0 Å². The van der Waals surface area contributed by atoms with Crippen LogP contribution in [0, 0.1) is 0 Å². The van der Waals surface area contributed by atoms with E-state index >= 15 is 0 Å². The van der Waals surface area contributed by atoms with Gasteiger partial charge >= 0.3 is 5.97 Å². The van der Waals surface area contributed by atoms with E-state index in [0.29, 0.717) is 0 Å². The molecule has 16 heavy (non-hydrogen) atoms. The van der Waals surface area contributed by atoms with Gasteiger partial charge in [-0.2, -0.15) is 0 Å². The summed E-state index contributed by atoms with van der Waals surface area (Å²) in [6.45, 7) is 5.71. The molecule has 0 spiro atoms. The van der Waals surface area contributed by atoms with E-state index in [0.717, 1.165) is 0 Å². The third-order valence-electron chi connectivity index (χ3n) is 1.62. The molecule has 2 unspecified atom stereocenters. The summed E-state index contributed by atoms with van der Waals surface area (Å²) >= 11 is 0. The van der Waals surface area contributed by atoms with Gasteiger partial charge in [0.15, 0.2) is 0 Å². The lowest BCUT2D eigenvalue weighted by Gasteiger charge is -2.13. The Labute approximate surface area is 96.6 Å². The van der Waals surface area contributed by atoms with Crippen LogP contribution in [0.2, 0.25) is 0 Å². The van der Waals surface area contributed by atoms with Gasteiger partial charge < -0.3 is 14.6 Å². The second-order valence-electron chi connectivity index (χ2n) is 3.51. The number of hydrogen-bond donors (Lipinski definition) is 1. The van der Waals surface area contributed by atoms with Crippen molar-refractivity contribution in [1.29, 1.82) is 0 Å². The molecule has 0 aliphatic heterocycles. The van der Waals surface area contributed by atoms with Gasteiger partial charge in [0, 0.05) is 6.08 Å². The van der Waals surface area contributed by atoms with E-state index in [1.54, 1.807) is 26.0 Å². The van der Waals surface area contributed by atoms with Crippen molar-refractivity contribution < 1.29 is 19.4 Å². The normalized spacial score (nSPS) is 15.5. The largest absolute Gasteiger partial charge is 0.460 e. The van der Waals surface area contributed by atoms with Crippen LogP contribution in [0.25, 0.3) is 0 Å². The molecule has 0 amide bonds. The van der Waals surface area contributed by atoms with Gasteiger partial charge in [0.25, 0.3) is 0 Å². The van der Waals surface area contributed by atoms with Crippen LogP contribution in [-0.4, -0.2) is 36.5 Å². The topological polar surface area (TPSA) is 55.8 Å². The summed E-state index contributed by atoms with van der Waals surface area (Å²) in [6, 6.07) is 0. The van der Waals surface area contributed by atoms with Gasteiger partial charge in [0.2, 0.25) is 0 Å². The molecule has 4 nitrogen and oxygen atoms in total. The Balaban J connectivity index is 3.66. The maximum Gasteiger partial charge on any atom is 0.330 e. The van der Waals surface area contributed by atoms with Crippen LogP contribution >= 0.6 is 0 Å². The monoisotopic (exact) mass is 228 g/mol. The second-order valence-corrected chi connectivity index (χ2v) is 3.51. The molecule has 0 aromatic rings. The Morgan fingerprint density at radius 2 is 2.00 bits per heavy atom. The molecular formula is C12H20O4. The van der Waals surface area contributed by atoms with Crippen LogP contribution < -0.4 is 0 Å². The smallest absolute Gasteiger partial charge is 0.330 e. The maximum atomic E-state index is 11.1. The lowest BCUT2D eigenvalue weighted by Crippen LogP contribution is -2.22. The van der Waals surface area contributed by atoms with Crippen LogP contribution in [0.5, 0.6) is 0 Å². The van der Waals surface area contributed by atoms with Gasteiger partial charge in [-0.25, -0.2) is 4.79 Å². The number of ether oxygens (including phenoxy) is 2. The summed E-state index contributed by atoms with van der Waals surface area (Å²) in [4.78, 5) is 11.1. The lowest BCUT2D eigenvalue weighted by molar-refractivity contribution is -0.142. The Kier molecular flexibility index (Phi) is 8.48. The number of hydrogen-bond acceptors (Lipinski definition) is 4. The highest BCUT2D eigenvalue weighted by Gasteiger charge is 2.06. The number of esters is 1. The predicted octanol–water partition coefficient (Wildman–Crippen LogP) is 1.45. The minimum Gasteiger partial charge on any atom is -0.460 e. The van der Waals surface area contributed by atoms with Crippen LogP contribution in [0.15, 0.2) is 24.3 Å². The second kappa shape index (κ2) is 9.12. The summed E-state index contributed by atoms with van der Waals surface area (Å²) in [5, 5.41) is 8.97. The van der Waals surface area contributed by atoms with Crippen molar-refractivity contribution in [2.45, 2.75) is 33.0 Å². The van der Waals surface area contributed by atoms with E-state index in [4.69, 9.17) is 14.6 Å². The van der Waals surface area contributed by atoms with E-state index in [2.05, 4.69) is 0 Å². The zero-order valence-electron chi connectivity index (χ0n) is 10.1. The fraction of sp³-hybridized carbons (Fsp3) is 0.583. The number of carbonyl (C=O) groups excluding carboxylic acids is 1. The first-order valence-corrected chi connectivity index (χ1v) is 5.32. The van der Waals surface area contributed by atoms with Crippen molar-refractivity contribution >= 4 is 5.97 Å². The Hall–Kier alpha value is -1.13. The molecule has 0 heterocycles. The third kappa shape index (κ3) is 9.43. The predicted molar refractivity (Wildman–Crippen MR) is 62.0 cm³/mol. The average Bonchev–Trinajstić information content (AvgIpc) is 2.24. The number of aliphatic hydroxyl groups is 1. The summed E-state index contributed by atoms with van der Waals surface area (Å²) in [7, 11) is 0. The summed E-state index contributed by atoms with van der Waals surface area (Å²) < 4.78 is 10.1. The fourth-order valence-electron chi connectivity index (χ4n) is 0.844. The zero-order chi connectivity index (χ0) is 12.4. The van der Waals surface area contributed by atoms with E-state index in [1.807, 2.05) is 13.0 Å². The quantitative estimate of drug-likeness (QED) is 0.407. The summed E-state index contributed by atoms with van der Waals surface area (Å²) in [5.41, 5.74) is 0. The maximum absolute atomic E-state index is 11.1. The SMILES string of the molecule is C/C=C/C=C/C(=O)OCC(C)OCC(C)O. The van der Waals surface area contributed by atoms with Crippen molar-refractivity contribution in [2.24, 2.45) is 0 Å². The molecule has 0 radical (unpaired) electrons. The average molecular weight is 228 g/mol. The van der Waals surface area contributed by atoms with E-state index in [-0.39, 0.29) is 19.3 Å². The standard InChI is InChI=1S/C12H20O4/c1-4-5-6-7-12(14)16-9-11(3)15-8-10(2)13/h4-7,10-11,13H,8-9H2,1-3H3/b5-4+,7-6+. The Bertz CT molecular complexity index is 243. The Morgan fingerprint density at radius 1 is 1.31 bits per heavy atom. The van der Waals surface area contributed by atoms with Crippen molar-refractivity contribution in [3.63, 3.8) is 0 Å². The first-order valence-electron chi connectivity index (χ1n) is 5.32. The molecule has 0 rings (SSSR count). The van der Waals surface area contributed by atoms with Gasteiger partial charge in [-0.1, -0.05) is 18.2 Å². The minimum atomic E-state index is -0.507. The van der Waals surface area contributed by atoms with Crippen LogP contribution in [0.1, 0.15) is 20.8 Å². The fourth-order valence-corrected chi connectivity index (χ4v) is 0.844. The molecular weight excluding hydrogens is 208 g/mol. The molecule has 0 saturated heterocycles. The van der Waals surface area contributed by atoms with Crippen LogP contribution in [0.4, 0.5) is 0 Å². The van der Waals surface area contributed by atoms with Crippen molar-refractivity contribution in [2.75, 3.05) is 13.2 Å². The summed E-state index contributed by atoms with van der Waals surface area (Å²) in [5.74, 6) is -0.398.